The Labute approximate surface area is 95.6 Å². The molecule has 0 unspecified atom stereocenters. The molecular weight excluding hydrogens is 200 g/mol. The highest BCUT2D eigenvalue weighted by Gasteiger charge is 2.06. The largest absolute Gasteiger partial charge is 0.326 e. The van der Waals surface area contributed by atoms with Crippen LogP contribution in [-0.4, -0.2) is 19.0 Å². The lowest BCUT2D eigenvalue weighted by Gasteiger charge is -2.15. The van der Waals surface area contributed by atoms with E-state index in [9.17, 15) is 4.79 Å². The second-order valence-corrected chi connectivity index (χ2v) is 3.95. The van der Waals surface area contributed by atoms with Gasteiger partial charge in [0.2, 0.25) is 5.91 Å². The molecule has 0 aromatic heterocycles. The second kappa shape index (κ2) is 4.94. The maximum atomic E-state index is 11.0. The van der Waals surface area contributed by atoms with Crippen molar-refractivity contribution in [2.45, 2.75) is 13.3 Å². The van der Waals surface area contributed by atoms with Crippen molar-refractivity contribution in [2.24, 2.45) is 0 Å². The molecule has 2 rings (SSSR count). The Hall–Kier alpha value is -1.61. The molecule has 0 spiro atoms. The first kappa shape index (κ1) is 10.9. The highest BCUT2D eigenvalue weighted by atomic mass is 16.1. The smallest absolute Gasteiger partial charge is 0.221 e. The van der Waals surface area contributed by atoms with E-state index in [4.69, 9.17) is 0 Å². The van der Waals surface area contributed by atoms with Crippen LogP contribution in [0.1, 0.15) is 18.9 Å². The molecule has 1 aliphatic heterocycles. The highest BCUT2D eigenvalue weighted by molar-refractivity contribution is 5.89. The molecule has 1 aromatic carbocycles. The van der Waals surface area contributed by atoms with Crippen LogP contribution in [-0.2, 0) is 4.79 Å². The Kier molecular flexibility index (Phi) is 3.37. The summed E-state index contributed by atoms with van der Waals surface area (Å²) in [5.74, 6) is -0.0311. The first-order valence-corrected chi connectivity index (χ1v) is 5.53. The van der Waals surface area contributed by atoms with Crippen LogP contribution >= 0.6 is 0 Å². The molecule has 1 aliphatic rings. The Balaban J connectivity index is 2.21. The van der Waals surface area contributed by atoms with Gasteiger partial charge in [0.1, 0.15) is 0 Å². The molecule has 1 aromatic rings. The van der Waals surface area contributed by atoms with E-state index < -0.39 is 0 Å². The number of anilines is 1. The number of nitrogens with one attached hydrogen (secondary N) is 2. The summed E-state index contributed by atoms with van der Waals surface area (Å²) in [6.45, 7) is 3.48. The van der Waals surface area contributed by atoms with Gasteiger partial charge in [0.05, 0.1) is 0 Å². The predicted molar refractivity (Wildman–Crippen MR) is 66.2 cm³/mol. The van der Waals surface area contributed by atoms with E-state index >= 15 is 0 Å². The van der Waals surface area contributed by atoms with Crippen molar-refractivity contribution >= 4 is 17.2 Å². The zero-order chi connectivity index (χ0) is 11.4. The fraction of sp³-hybridized carbons (Fsp3) is 0.308. The summed E-state index contributed by atoms with van der Waals surface area (Å²) in [4.78, 5) is 11.0. The van der Waals surface area contributed by atoms with Crippen molar-refractivity contribution in [3.63, 3.8) is 0 Å². The summed E-state index contributed by atoms with van der Waals surface area (Å²) in [5.41, 5.74) is 3.42. The summed E-state index contributed by atoms with van der Waals surface area (Å²) in [6.07, 6.45) is 3.25. The summed E-state index contributed by atoms with van der Waals surface area (Å²) in [7, 11) is 0. The van der Waals surface area contributed by atoms with E-state index in [-0.39, 0.29) is 5.91 Å². The van der Waals surface area contributed by atoms with Gasteiger partial charge in [0, 0.05) is 19.2 Å². The van der Waals surface area contributed by atoms with Gasteiger partial charge in [0.15, 0.2) is 0 Å². The van der Waals surface area contributed by atoms with Crippen LogP contribution in [0.25, 0.3) is 5.57 Å². The van der Waals surface area contributed by atoms with Gasteiger partial charge in [-0.2, -0.15) is 0 Å². The Morgan fingerprint density at radius 2 is 2.31 bits per heavy atom. The third-order valence-electron chi connectivity index (χ3n) is 2.62. The third-order valence-corrected chi connectivity index (χ3v) is 2.62. The first-order valence-electron chi connectivity index (χ1n) is 5.53. The molecule has 3 heteroatoms. The molecule has 2 N–H and O–H groups in total. The molecule has 0 saturated carbocycles. The maximum Gasteiger partial charge on any atom is 0.221 e. The third kappa shape index (κ3) is 2.70. The quantitative estimate of drug-likeness (QED) is 0.794. The van der Waals surface area contributed by atoms with E-state index in [1.165, 1.54) is 18.1 Å². The number of hydrogen-bond acceptors (Lipinski definition) is 2. The average molecular weight is 216 g/mol. The fourth-order valence-corrected chi connectivity index (χ4v) is 1.88. The van der Waals surface area contributed by atoms with Crippen LogP contribution in [0.2, 0.25) is 0 Å². The number of benzene rings is 1. The van der Waals surface area contributed by atoms with Gasteiger partial charge in [-0.05, 0) is 36.2 Å². The standard InChI is InChI=1S/C13H16N2O/c1-10(16)15-13-4-2-3-12(9-13)11-5-7-14-8-6-11/h2-5,9,14H,6-8H2,1H3,(H,15,16). The average Bonchev–Trinajstić information content (AvgIpc) is 2.30. The van der Waals surface area contributed by atoms with Crippen molar-refractivity contribution in [1.29, 1.82) is 0 Å². The van der Waals surface area contributed by atoms with Crippen molar-refractivity contribution in [2.75, 3.05) is 18.4 Å². The molecule has 3 nitrogen and oxygen atoms in total. The topological polar surface area (TPSA) is 41.1 Å². The molecule has 1 amide bonds. The highest BCUT2D eigenvalue weighted by Crippen LogP contribution is 2.22. The molecule has 0 bridgehead atoms. The van der Waals surface area contributed by atoms with Gasteiger partial charge >= 0.3 is 0 Å². The van der Waals surface area contributed by atoms with Gasteiger partial charge < -0.3 is 10.6 Å². The molecule has 84 valence electrons. The number of amides is 1. The predicted octanol–water partition coefficient (Wildman–Crippen LogP) is 2.02. The molecule has 0 saturated heterocycles. The van der Waals surface area contributed by atoms with Gasteiger partial charge in [0.25, 0.3) is 0 Å². The lowest BCUT2D eigenvalue weighted by Crippen LogP contribution is -2.20. The fourth-order valence-electron chi connectivity index (χ4n) is 1.88. The SMILES string of the molecule is CC(=O)Nc1cccc(C2=CCNCC2)c1. The van der Waals surface area contributed by atoms with E-state index in [0.29, 0.717) is 0 Å². The van der Waals surface area contributed by atoms with Crippen molar-refractivity contribution in [3.8, 4) is 0 Å². The molecule has 16 heavy (non-hydrogen) atoms. The Morgan fingerprint density at radius 3 is 3.00 bits per heavy atom. The Bertz CT molecular complexity index is 424. The first-order chi connectivity index (χ1) is 7.75. The monoisotopic (exact) mass is 216 g/mol. The van der Waals surface area contributed by atoms with Crippen molar-refractivity contribution in [3.05, 3.63) is 35.9 Å². The molecule has 0 atom stereocenters. The van der Waals surface area contributed by atoms with Crippen LogP contribution in [0, 0.1) is 0 Å². The molecular formula is C13H16N2O. The van der Waals surface area contributed by atoms with Crippen LogP contribution in [0.3, 0.4) is 0 Å². The summed E-state index contributed by atoms with van der Waals surface area (Å²) in [6, 6.07) is 8.00. The van der Waals surface area contributed by atoms with Gasteiger partial charge in [-0.3, -0.25) is 4.79 Å². The van der Waals surface area contributed by atoms with Gasteiger partial charge in [-0.25, -0.2) is 0 Å². The Morgan fingerprint density at radius 1 is 1.44 bits per heavy atom. The molecule has 0 radical (unpaired) electrons. The van der Waals surface area contributed by atoms with E-state index in [1.54, 1.807) is 0 Å². The lowest BCUT2D eigenvalue weighted by atomic mass is 10.00. The second-order valence-electron chi connectivity index (χ2n) is 3.95. The zero-order valence-corrected chi connectivity index (χ0v) is 9.42. The lowest BCUT2D eigenvalue weighted by molar-refractivity contribution is -0.114. The molecule has 0 aliphatic carbocycles. The minimum absolute atomic E-state index is 0.0311. The number of carbonyl (C=O) groups excluding carboxylic acids is 1. The van der Waals surface area contributed by atoms with Crippen LogP contribution < -0.4 is 10.6 Å². The zero-order valence-electron chi connectivity index (χ0n) is 9.42. The normalized spacial score (nSPS) is 15.4. The van der Waals surface area contributed by atoms with Crippen molar-refractivity contribution in [1.82, 2.24) is 5.32 Å². The summed E-state index contributed by atoms with van der Waals surface area (Å²) < 4.78 is 0. The summed E-state index contributed by atoms with van der Waals surface area (Å²) >= 11 is 0. The minimum atomic E-state index is -0.0311. The molecule has 0 fully saturated rings. The van der Waals surface area contributed by atoms with E-state index in [0.717, 1.165) is 25.2 Å². The van der Waals surface area contributed by atoms with E-state index in [2.05, 4.69) is 22.8 Å². The van der Waals surface area contributed by atoms with Crippen LogP contribution in [0.5, 0.6) is 0 Å². The maximum absolute atomic E-state index is 11.0. The van der Waals surface area contributed by atoms with Gasteiger partial charge in [-0.15, -0.1) is 0 Å². The number of rotatable bonds is 2. The van der Waals surface area contributed by atoms with Crippen LogP contribution in [0.15, 0.2) is 30.3 Å². The number of carbonyl (C=O) groups is 1. The van der Waals surface area contributed by atoms with Gasteiger partial charge in [-0.1, -0.05) is 18.2 Å². The number of hydrogen-bond donors (Lipinski definition) is 2. The molecule has 1 heterocycles. The minimum Gasteiger partial charge on any atom is -0.326 e. The van der Waals surface area contributed by atoms with Crippen molar-refractivity contribution < 1.29 is 4.79 Å². The van der Waals surface area contributed by atoms with Crippen LogP contribution in [0.4, 0.5) is 5.69 Å². The van der Waals surface area contributed by atoms with E-state index in [1.807, 2.05) is 18.2 Å². The summed E-state index contributed by atoms with van der Waals surface area (Å²) in [5, 5.41) is 6.09.